The number of nitrogens with zero attached hydrogens (tertiary/aromatic N) is 1. The lowest BCUT2D eigenvalue weighted by Crippen LogP contribution is -2.10. The quantitative estimate of drug-likeness (QED) is 0.168. The van der Waals surface area contributed by atoms with E-state index in [0.29, 0.717) is 12.1 Å². The predicted octanol–water partition coefficient (Wildman–Crippen LogP) is 9.73. The minimum atomic E-state index is 0.515. The number of benzene rings is 5. The van der Waals surface area contributed by atoms with Crippen molar-refractivity contribution in [2.75, 3.05) is 0 Å². The second-order valence-electron chi connectivity index (χ2n) is 10.6. The molecule has 0 saturated heterocycles. The normalized spacial score (nSPS) is 11.8. The van der Waals surface area contributed by atoms with Gasteiger partial charge < -0.3 is 15.4 Å². The Hall–Kier alpha value is -5.48. The predicted molar refractivity (Wildman–Crippen MR) is 176 cm³/mol. The van der Waals surface area contributed by atoms with Crippen LogP contribution in [0.25, 0.3) is 44.3 Å². The summed E-state index contributed by atoms with van der Waals surface area (Å²) in [5.74, 6) is 0. The highest BCUT2D eigenvalue weighted by atomic mass is 14.8. The van der Waals surface area contributed by atoms with E-state index in [4.69, 9.17) is 4.99 Å². The van der Waals surface area contributed by atoms with Crippen LogP contribution in [0, 0.1) is 5.41 Å². The number of aliphatic imine (C=N–C) groups is 1. The van der Waals surface area contributed by atoms with Crippen molar-refractivity contribution in [1.29, 1.82) is 5.41 Å². The van der Waals surface area contributed by atoms with E-state index in [1.807, 2.05) is 55.5 Å². The minimum Gasteiger partial charge on any atom is -0.355 e. The first-order chi connectivity index (χ1) is 20.6. The van der Waals surface area contributed by atoms with Gasteiger partial charge in [0.25, 0.3) is 0 Å². The van der Waals surface area contributed by atoms with Crippen LogP contribution >= 0.6 is 0 Å². The molecule has 0 radical (unpaired) electrons. The van der Waals surface area contributed by atoms with E-state index in [1.54, 1.807) is 0 Å². The van der Waals surface area contributed by atoms with E-state index in [9.17, 15) is 5.41 Å². The molecule has 0 aliphatic heterocycles. The molecule has 0 aliphatic rings. The zero-order chi connectivity index (χ0) is 28.5. The van der Waals surface area contributed by atoms with Crippen LogP contribution in [0.4, 0.5) is 5.69 Å². The van der Waals surface area contributed by atoms with E-state index in [0.717, 1.165) is 61.6 Å². The molecule has 0 aliphatic carbocycles. The summed E-state index contributed by atoms with van der Waals surface area (Å²) in [4.78, 5) is 12.2. The molecular weight excluding hydrogens is 512 g/mol. The second-order valence-corrected chi connectivity index (χ2v) is 10.6. The van der Waals surface area contributed by atoms with Crippen LogP contribution in [0.5, 0.6) is 0 Å². The van der Waals surface area contributed by atoms with Crippen molar-refractivity contribution in [1.82, 2.24) is 9.97 Å². The summed E-state index contributed by atoms with van der Waals surface area (Å²) in [6.07, 6.45) is 0.515. The average molecular weight is 543 g/mol. The summed E-state index contributed by atoms with van der Waals surface area (Å²) in [6.45, 7) is 2.03. The van der Waals surface area contributed by atoms with Gasteiger partial charge in [-0.25, -0.2) is 0 Å². The maximum absolute atomic E-state index is 9.22. The van der Waals surface area contributed by atoms with E-state index in [-0.39, 0.29) is 0 Å². The molecule has 4 nitrogen and oxygen atoms in total. The summed E-state index contributed by atoms with van der Waals surface area (Å²) in [5, 5.41) is 11.6. The summed E-state index contributed by atoms with van der Waals surface area (Å²) in [5.41, 5.74) is 11.8. The van der Waals surface area contributed by atoms with Gasteiger partial charge in [0, 0.05) is 73.3 Å². The van der Waals surface area contributed by atoms with Gasteiger partial charge in [0.1, 0.15) is 0 Å². The van der Waals surface area contributed by atoms with Gasteiger partial charge in [-0.05, 0) is 42.8 Å². The highest BCUT2D eigenvalue weighted by molar-refractivity contribution is 6.12. The minimum absolute atomic E-state index is 0.515. The summed E-state index contributed by atoms with van der Waals surface area (Å²) >= 11 is 0. The van der Waals surface area contributed by atoms with Crippen molar-refractivity contribution in [2.45, 2.75) is 13.3 Å². The molecule has 3 N–H and O–H groups in total. The topological polar surface area (TPSA) is 67.8 Å². The molecule has 0 fully saturated rings. The van der Waals surface area contributed by atoms with Crippen LogP contribution in [0.2, 0.25) is 0 Å². The molecule has 2 aromatic heterocycles. The lowest BCUT2D eigenvalue weighted by Gasteiger charge is -2.14. The fraction of sp³-hybridized carbons (Fsp3) is 0.0526. The first kappa shape index (κ1) is 25.5. The SMILES string of the molecule is CC(=Nc1ccccc1-c1cc2ccccc2[nH]1)c1ccccc1C(=N)Cc1ccccc1-c1cc2ccccc2[nH]1. The average Bonchev–Trinajstić information content (AvgIpc) is 3.66. The van der Waals surface area contributed by atoms with Gasteiger partial charge in [-0.3, -0.25) is 4.99 Å². The van der Waals surface area contributed by atoms with Gasteiger partial charge in [-0.2, -0.15) is 0 Å². The van der Waals surface area contributed by atoms with E-state index < -0.39 is 0 Å². The Kier molecular flexibility index (Phi) is 6.57. The molecule has 0 saturated carbocycles. The molecule has 202 valence electrons. The van der Waals surface area contributed by atoms with Crippen molar-refractivity contribution in [3.63, 3.8) is 0 Å². The van der Waals surface area contributed by atoms with Crippen molar-refractivity contribution in [3.05, 3.63) is 150 Å². The summed E-state index contributed by atoms with van der Waals surface area (Å²) in [6, 6.07) is 45.7. The maximum Gasteiger partial charge on any atom is 0.0726 e. The van der Waals surface area contributed by atoms with Crippen LogP contribution < -0.4 is 0 Å². The number of para-hydroxylation sites is 3. The molecule has 0 spiro atoms. The monoisotopic (exact) mass is 542 g/mol. The van der Waals surface area contributed by atoms with Crippen LogP contribution in [-0.2, 0) is 6.42 Å². The highest BCUT2D eigenvalue weighted by Gasteiger charge is 2.15. The number of hydrogen-bond acceptors (Lipinski definition) is 2. The first-order valence-corrected chi connectivity index (χ1v) is 14.2. The molecule has 7 rings (SSSR count). The van der Waals surface area contributed by atoms with Gasteiger partial charge in [0.15, 0.2) is 0 Å². The largest absolute Gasteiger partial charge is 0.355 e. The van der Waals surface area contributed by atoms with Crippen molar-refractivity contribution < 1.29 is 0 Å². The van der Waals surface area contributed by atoms with Gasteiger partial charge >= 0.3 is 0 Å². The van der Waals surface area contributed by atoms with Gasteiger partial charge in [0.2, 0.25) is 0 Å². The Morgan fingerprint density at radius 1 is 0.595 bits per heavy atom. The Morgan fingerprint density at radius 3 is 1.81 bits per heavy atom. The number of hydrogen-bond donors (Lipinski definition) is 3. The van der Waals surface area contributed by atoms with Crippen LogP contribution in [0.15, 0.2) is 138 Å². The van der Waals surface area contributed by atoms with Crippen LogP contribution in [0.1, 0.15) is 23.6 Å². The fourth-order valence-electron chi connectivity index (χ4n) is 5.76. The fourth-order valence-corrected chi connectivity index (χ4v) is 5.76. The molecular formula is C38H30N4. The number of rotatable bonds is 7. The first-order valence-electron chi connectivity index (χ1n) is 14.2. The number of aromatic amines is 2. The van der Waals surface area contributed by atoms with Crippen LogP contribution in [0.3, 0.4) is 0 Å². The van der Waals surface area contributed by atoms with Gasteiger partial charge in [-0.15, -0.1) is 0 Å². The molecule has 4 heteroatoms. The Morgan fingerprint density at radius 2 is 1.12 bits per heavy atom. The van der Waals surface area contributed by atoms with E-state index in [1.165, 1.54) is 10.8 Å². The molecule has 2 heterocycles. The third kappa shape index (κ3) is 4.84. The van der Waals surface area contributed by atoms with Crippen molar-refractivity contribution in [2.24, 2.45) is 4.99 Å². The van der Waals surface area contributed by atoms with Gasteiger partial charge in [-0.1, -0.05) is 103 Å². The molecule has 0 atom stereocenters. The number of aromatic nitrogens is 2. The summed E-state index contributed by atoms with van der Waals surface area (Å²) in [7, 11) is 0. The van der Waals surface area contributed by atoms with E-state index in [2.05, 4.69) is 94.9 Å². The smallest absolute Gasteiger partial charge is 0.0726 e. The summed E-state index contributed by atoms with van der Waals surface area (Å²) < 4.78 is 0. The standard InChI is InChI=1S/C38H30N4/c1-25(40-36-21-11-8-18-32(36)38-24-28-14-4-10-20-35(28)42-38)29-15-6-7-17-31(29)33(39)22-26-12-2-5-16-30(26)37-23-27-13-3-9-19-34(27)41-37/h2-21,23-24,39,41-42H,22H2,1H3. The highest BCUT2D eigenvalue weighted by Crippen LogP contribution is 2.33. The Labute approximate surface area is 244 Å². The lowest BCUT2D eigenvalue weighted by molar-refractivity contribution is 1.26. The molecule has 0 amide bonds. The third-order valence-corrected chi connectivity index (χ3v) is 7.86. The number of fused-ring (bicyclic) bond motifs is 2. The zero-order valence-corrected chi connectivity index (χ0v) is 23.4. The molecule has 42 heavy (non-hydrogen) atoms. The van der Waals surface area contributed by atoms with Gasteiger partial charge in [0.05, 0.1) is 5.69 Å². The molecule has 0 unspecified atom stereocenters. The number of H-pyrrole nitrogens is 2. The Bertz CT molecular complexity index is 2040. The molecule has 5 aromatic carbocycles. The molecule has 0 bridgehead atoms. The Balaban J connectivity index is 1.22. The van der Waals surface area contributed by atoms with Crippen LogP contribution in [-0.4, -0.2) is 21.4 Å². The van der Waals surface area contributed by atoms with Crippen molar-refractivity contribution >= 4 is 38.9 Å². The van der Waals surface area contributed by atoms with E-state index >= 15 is 0 Å². The third-order valence-electron chi connectivity index (χ3n) is 7.86. The maximum atomic E-state index is 9.22. The van der Waals surface area contributed by atoms with Crippen molar-refractivity contribution in [3.8, 4) is 22.5 Å². The number of nitrogens with one attached hydrogen (secondary N) is 3. The second kappa shape index (κ2) is 10.8. The zero-order valence-electron chi connectivity index (χ0n) is 23.4. The lowest BCUT2D eigenvalue weighted by atomic mass is 9.93. The molecule has 7 aromatic rings.